The standard InChI is InChI=1S/C41H45IN4.2C40H32N8.2Eu/c1-4-7-10-13-30-33-20-22-35(43-33)31(14-11-8-5-2)37-24-26-39(45-37)41(28-16-18-29(42)19-17-28)40-27-25-38(46-40)32(15-12-9-6-3)36-23-21-34(30)44-36;2*1-17-9-25-26(10-18(17)2)34-41-33(25)45-35-27-11-19(3)20(4)12-28(27)37(42-35)47-39-31-15-23(7)24(8)16-32(31)40(44-39)48-38-30-14-22(6)21(5)13-29(30)36(43-38)46-34;;/h16-27H,4-15H2,1-3H3;2*9-16H,1-8H3;;/q3*-2;2*+3. The number of hydrogen-bond donors (Lipinski definition) is 0. The summed E-state index contributed by atoms with van der Waals surface area (Å²) in [6.07, 6.45) is 22.2. The van der Waals surface area contributed by atoms with Crippen molar-refractivity contribution >= 4 is 157 Å². The van der Waals surface area contributed by atoms with Crippen molar-refractivity contribution in [1.82, 2.24) is 99.7 Å². The Morgan fingerprint density at radius 1 is 0.208 bits per heavy atom. The van der Waals surface area contributed by atoms with Crippen LogP contribution in [0, 0.1) is 213 Å². The molecule has 9 aromatic carbocycles. The van der Waals surface area contributed by atoms with Gasteiger partial charge < -0.3 is 69.8 Å². The smallest absolute Gasteiger partial charge is 0.657 e. The molecule has 714 valence electrons. The number of hydrogen-bond acceptors (Lipinski definition) is 14. The van der Waals surface area contributed by atoms with Crippen LogP contribution in [0.5, 0.6) is 0 Å². The minimum atomic E-state index is 0. The number of rotatable bonds is 13. The summed E-state index contributed by atoms with van der Waals surface area (Å²) in [6.45, 7) is 40.5. The third-order valence-corrected chi connectivity index (χ3v) is 30.2. The maximum absolute atomic E-state index is 5.34. The third-order valence-electron chi connectivity index (χ3n) is 29.5. The predicted molar refractivity (Wildman–Crippen MR) is 588 cm³/mol. The Morgan fingerprint density at radius 3 is 0.625 bits per heavy atom. The van der Waals surface area contributed by atoms with Gasteiger partial charge in [-0.2, -0.15) is 0 Å². The van der Waals surface area contributed by atoms with Crippen LogP contribution in [-0.4, -0.2) is 69.8 Å². The molecule has 18 aromatic rings. The molecule has 0 aliphatic carbocycles. The van der Waals surface area contributed by atoms with Crippen LogP contribution in [0.3, 0.4) is 0 Å². The average Bonchev–Trinajstić information content (AvgIpc) is 1.59. The Labute approximate surface area is 933 Å². The van der Waals surface area contributed by atoms with Crippen LogP contribution in [0.15, 0.2) is 146 Å². The summed E-state index contributed by atoms with van der Waals surface area (Å²) in [6, 6.07) is 51.8. The van der Waals surface area contributed by atoms with E-state index in [9.17, 15) is 0 Å². The van der Waals surface area contributed by atoms with Gasteiger partial charge in [0.25, 0.3) is 0 Å². The molecule has 0 radical (unpaired) electrons. The summed E-state index contributed by atoms with van der Waals surface area (Å²) in [5.41, 5.74) is 44.5. The van der Waals surface area contributed by atoms with Gasteiger partial charge in [-0.1, -0.05) is 144 Å². The van der Waals surface area contributed by atoms with E-state index in [2.05, 4.69) is 324 Å². The SMILES string of the molecule is CCCCCc1c2nc(c(CCCCC)c3ccc([n-]3)c(-c3ccc(I)cc3)c3nc(c(CCCCC)c4ccc1[n-]4)C=C3)C=C2.Cc1cc2c(cc1C)-c1nc-2nc2[n-]c(nc3nc(nc4[n-]c(n1)c1cc(C)c(C)cc41)-c1cc(C)c(C)cc1-3)c1cc(C)c(C)cc21.Cc1cc2c(cc1C)-c1nc-2nc2[n-]c(nc3nc(nc4[n-]c(n1)c1cc(C)c(C)cc41)-c1cc(C)c(C)cc1-3)c1cc(C)c(C)cc21.[Eu+3].[Eu+3]. The normalized spacial score (nSPS) is 12.1. The molecule has 6 aliphatic heterocycles. The Hall–Kier alpha value is -11.8. The van der Waals surface area contributed by atoms with Crippen molar-refractivity contribution in [3.63, 3.8) is 0 Å². The number of aryl methyl sites for hydroxylation is 19. The number of benzene rings is 9. The molecule has 0 saturated carbocycles. The molecule has 0 atom stereocenters. The van der Waals surface area contributed by atoms with Crippen molar-refractivity contribution in [2.45, 2.75) is 209 Å². The van der Waals surface area contributed by atoms with Crippen LogP contribution >= 0.6 is 22.6 Å². The van der Waals surface area contributed by atoms with Crippen molar-refractivity contribution in [1.29, 1.82) is 0 Å². The van der Waals surface area contributed by atoms with Crippen molar-refractivity contribution in [3.8, 4) is 102 Å². The van der Waals surface area contributed by atoms with Gasteiger partial charge in [0.05, 0.1) is 69.4 Å². The second-order valence-corrected chi connectivity index (χ2v) is 40.6. The minimum Gasteiger partial charge on any atom is -0.657 e. The Bertz CT molecular complexity index is 7940. The van der Waals surface area contributed by atoms with Gasteiger partial charge in [0.15, 0.2) is 0 Å². The Balaban J connectivity index is 0.000000131. The number of nitrogens with zero attached hydrogens (tertiary/aromatic N) is 20. The van der Waals surface area contributed by atoms with Gasteiger partial charge in [-0.3, -0.25) is 0 Å². The molecule has 20 nitrogen and oxygen atoms in total. The molecule has 6 aliphatic rings. The van der Waals surface area contributed by atoms with E-state index in [1.165, 1.54) is 58.8 Å². The molecule has 9 aromatic heterocycles. The second kappa shape index (κ2) is 40.5. The first kappa shape index (κ1) is 99.5. The molecular weight excluding hydrogens is 2160 g/mol. The molecule has 0 unspecified atom stereocenters. The number of unbranched alkanes of at least 4 members (excludes halogenated alkanes) is 6. The molecule has 0 spiro atoms. The van der Waals surface area contributed by atoms with E-state index in [1.54, 1.807) is 0 Å². The van der Waals surface area contributed by atoms with Crippen molar-refractivity contribution in [2.24, 2.45) is 0 Å². The molecule has 0 N–H and O–H groups in total. The summed E-state index contributed by atoms with van der Waals surface area (Å²) in [4.78, 5) is 103. The summed E-state index contributed by atoms with van der Waals surface area (Å²) < 4.78 is 1.21. The van der Waals surface area contributed by atoms with E-state index in [-0.39, 0.29) is 98.8 Å². The van der Waals surface area contributed by atoms with Crippen LogP contribution < -0.4 is 29.9 Å². The molecule has 0 amide bonds. The maximum Gasteiger partial charge on any atom is 3.00 e. The van der Waals surface area contributed by atoms with Crippen LogP contribution in [0.2, 0.25) is 0 Å². The van der Waals surface area contributed by atoms with E-state index in [0.29, 0.717) is 91.8 Å². The van der Waals surface area contributed by atoms with Gasteiger partial charge in [-0.25, -0.2) is 29.9 Å². The van der Waals surface area contributed by atoms with E-state index >= 15 is 0 Å². The largest absolute Gasteiger partial charge is 3.00 e. The minimum absolute atomic E-state index is 0. The van der Waals surface area contributed by atoms with Gasteiger partial charge in [0.2, 0.25) is 0 Å². The number of halogens is 1. The van der Waals surface area contributed by atoms with E-state index < -0.39 is 0 Å². The molecule has 0 saturated heterocycles. The summed E-state index contributed by atoms with van der Waals surface area (Å²) in [5.74, 6) is 4.56. The molecule has 15 heterocycles. The second-order valence-electron chi connectivity index (χ2n) is 39.4. The maximum atomic E-state index is 5.34. The fourth-order valence-corrected chi connectivity index (χ4v) is 20.4. The summed E-state index contributed by atoms with van der Waals surface area (Å²) in [5, 5.41) is 7.38. The van der Waals surface area contributed by atoms with Crippen LogP contribution in [0.25, 0.3) is 237 Å². The fraction of sp³-hybridized carbons (Fsp3) is 0.256. The average molecular weight is 2270 g/mol. The van der Waals surface area contributed by atoms with Crippen molar-refractivity contribution < 1.29 is 98.8 Å². The zero-order valence-corrected chi connectivity index (χ0v) is 91.7. The monoisotopic (exact) mass is 2270 g/mol. The van der Waals surface area contributed by atoms with Crippen molar-refractivity contribution in [3.05, 3.63) is 278 Å². The molecular formula is C121H109Eu2IN20. The van der Waals surface area contributed by atoms with Gasteiger partial charge >= 0.3 is 98.8 Å². The van der Waals surface area contributed by atoms with Gasteiger partial charge in [-0.05, 0) is 417 Å². The predicted octanol–water partition coefficient (Wildman–Crippen LogP) is 28.6. The molecule has 23 heteroatoms. The van der Waals surface area contributed by atoms with E-state index in [0.717, 1.165) is 271 Å². The quantitative estimate of drug-likeness (QED) is 0.0767. The molecule has 24 rings (SSSR count). The van der Waals surface area contributed by atoms with Crippen LogP contribution in [0.4, 0.5) is 0 Å². The van der Waals surface area contributed by atoms with Gasteiger partial charge in [-0.15, -0.1) is 22.1 Å². The Kier molecular flexibility index (Phi) is 28.0. The van der Waals surface area contributed by atoms with Gasteiger partial charge in [0, 0.05) is 93.3 Å². The first-order valence-corrected chi connectivity index (χ1v) is 50.8. The number of fused-ring (bicyclic) bond motifs is 48. The Morgan fingerprint density at radius 2 is 0.403 bits per heavy atom. The van der Waals surface area contributed by atoms with Crippen molar-refractivity contribution in [2.75, 3.05) is 0 Å². The third kappa shape index (κ3) is 18.7. The number of aromatic nitrogens is 20. The van der Waals surface area contributed by atoms with Crippen LogP contribution in [-0.2, 0) is 19.3 Å². The first-order chi connectivity index (χ1) is 68.6. The molecule has 144 heavy (non-hydrogen) atoms. The van der Waals surface area contributed by atoms with Crippen LogP contribution in [0.1, 0.15) is 207 Å². The van der Waals surface area contributed by atoms with Gasteiger partial charge in [0.1, 0.15) is 0 Å². The zero-order chi connectivity index (χ0) is 98.2. The summed E-state index contributed by atoms with van der Waals surface area (Å²) in [7, 11) is 0. The molecule has 24 bridgehead atoms. The molecule has 0 fully saturated rings. The van der Waals surface area contributed by atoms with E-state index in [1.807, 2.05) is 0 Å². The fourth-order valence-electron chi connectivity index (χ4n) is 20.0. The topological polar surface area (TPSA) is 265 Å². The first-order valence-electron chi connectivity index (χ1n) is 49.8. The summed E-state index contributed by atoms with van der Waals surface area (Å²) >= 11 is 2.37. The van der Waals surface area contributed by atoms with E-state index in [4.69, 9.17) is 99.7 Å². The zero-order valence-electron chi connectivity index (χ0n) is 84.7.